The fourth-order valence-corrected chi connectivity index (χ4v) is 4.26. The standard InChI is InChI=1S/C24H31NO3Si/c1-16-12-13-18(14-21(16)28-29(7,8)24(3,4)5)22-17(2)23(26)25(22)19-10-9-11-20(15-19)27-6/h9-15,22H,2H2,1,3-8H3/t22-/m1/s1. The van der Waals surface area contributed by atoms with Gasteiger partial charge in [-0.25, -0.2) is 0 Å². The SMILES string of the molecule is C=C1C(=O)N(c2cccc(OC)c2)[C@H]1c1ccc(C)c(O[Si](C)(C)C(C)(C)C)c1. The van der Waals surface area contributed by atoms with Crippen LogP contribution in [0.3, 0.4) is 0 Å². The minimum absolute atomic E-state index is 0.0595. The summed E-state index contributed by atoms with van der Waals surface area (Å²) in [6, 6.07) is 13.6. The van der Waals surface area contributed by atoms with Crippen LogP contribution >= 0.6 is 0 Å². The van der Waals surface area contributed by atoms with Crippen molar-refractivity contribution in [3.8, 4) is 11.5 Å². The van der Waals surface area contributed by atoms with Crippen LogP contribution in [0.5, 0.6) is 11.5 Å². The number of aryl methyl sites for hydroxylation is 1. The number of carbonyl (C=O) groups is 1. The number of carbonyl (C=O) groups excluding carboxylic acids is 1. The van der Waals surface area contributed by atoms with Crippen LogP contribution in [-0.2, 0) is 4.79 Å². The molecule has 2 aromatic rings. The lowest BCUT2D eigenvalue weighted by Crippen LogP contribution is -2.49. The van der Waals surface area contributed by atoms with Gasteiger partial charge in [-0.15, -0.1) is 0 Å². The normalized spacial score (nSPS) is 17.2. The molecule has 154 valence electrons. The molecule has 0 saturated carbocycles. The molecule has 1 amide bonds. The van der Waals surface area contributed by atoms with Gasteiger partial charge in [0.1, 0.15) is 11.5 Å². The minimum Gasteiger partial charge on any atom is -0.543 e. The van der Waals surface area contributed by atoms with Crippen molar-refractivity contribution in [2.24, 2.45) is 0 Å². The topological polar surface area (TPSA) is 38.8 Å². The van der Waals surface area contributed by atoms with Gasteiger partial charge in [-0.2, -0.15) is 0 Å². The zero-order valence-electron chi connectivity index (χ0n) is 18.5. The lowest BCUT2D eigenvalue weighted by molar-refractivity contribution is -0.118. The number of β-lactam (4-membered cyclic amide) rings is 1. The van der Waals surface area contributed by atoms with Gasteiger partial charge in [-0.1, -0.05) is 45.5 Å². The van der Waals surface area contributed by atoms with E-state index >= 15 is 0 Å². The average molecular weight is 410 g/mol. The number of ether oxygens (including phenoxy) is 1. The Morgan fingerprint density at radius 3 is 2.41 bits per heavy atom. The van der Waals surface area contributed by atoms with Crippen LogP contribution in [0.1, 0.15) is 37.9 Å². The first kappa shape index (κ1) is 21.2. The number of hydrogen-bond acceptors (Lipinski definition) is 3. The fourth-order valence-electron chi connectivity index (χ4n) is 3.18. The molecule has 5 heteroatoms. The summed E-state index contributed by atoms with van der Waals surface area (Å²) in [5.74, 6) is 1.56. The highest BCUT2D eigenvalue weighted by Gasteiger charge is 2.43. The summed E-state index contributed by atoms with van der Waals surface area (Å²) >= 11 is 0. The average Bonchev–Trinajstić information content (AvgIpc) is 2.66. The summed E-state index contributed by atoms with van der Waals surface area (Å²) in [4.78, 5) is 14.4. The Hall–Kier alpha value is -2.53. The lowest BCUT2D eigenvalue weighted by atomic mass is 9.88. The highest BCUT2D eigenvalue weighted by molar-refractivity contribution is 6.74. The Morgan fingerprint density at radius 2 is 1.79 bits per heavy atom. The Labute approximate surface area is 175 Å². The highest BCUT2D eigenvalue weighted by atomic mass is 28.4. The number of benzene rings is 2. The molecule has 29 heavy (non-hydrogen) atoms. The number of methoxy groups -OCH3 is 1. The van der Waals surface area contributed by atoms with E-state index < -0.39 is 8.32 Å². The second-order valence-electron chi connectivity index (χ2n) is 9.19. The van der Waals surface area contributed by atoms with E-state index in [1.54, 1.807) is 12.0 Å². The van der Waals surface area contributed by atoms with Crippen molar-refractivity contribution in [1.82, 2.24) is 0 Å². The molecule has 0 bridgehead atoms. The molecule has 1 heterocycles. The second-order valence-corrected chi connectivity index (χ2v) is 13.9. The van der Waals surface area contributed by atoms with E-state index in [4.69, 9.17) is 9.16 Å². The summed E-state index contributed by atoms with van der Waals surface area (Å²) in [7, 11) is -0.347. The molecule has 0 aliphatic carbocycles. The van der Waals surface area contributed by atoms with Gasteiger partial charge in [0, 0.05) is 17.3 Å². The Kier molecular flexibility index (Phi) is 5.39. The molecular formula is C24H31NO3Si. The second kappa shape index (κ2) is 7.37. The van der Waals surface area contributed by atoms with Gasteiger partial charge in [0.15, 0.2) is 0 Å². The first-order valence-corrected chi connectivity index (χ1v) is 12.8. The number of rotatable bonds is 5. The van der Waals surface area contributed by atoms with Crippen molar-refractivity contribution in [3.63, 3.8) is 0 Å². The molecule has 3 rings (SSSR count). The van der Waals surface area contributed by atoms with Crippen LogP contribution in [0.4, 0.5) is 5.69 Å². The lowest BCUT2D eigenvalue weighted by Gasteiger charge is -2.43. The first-order chi connectivity index (χ1) is 13.5. The molecule has 1 saturated heterocycles. The fraction of sp³-hybridized carbons (Fsp3) is 0.375. The van der Waals surface area contributed by atoms with E-state index in [1.165, 1.54) is 0 Å². The molecule has 1 atom stereocenters. The molecule has 1 aliphatic rings. The molecule has 0 N–H and O–H groups in total. The summed E-state index contributed by atoms with van der Waals surface area (Å²) in [5, 5.41) is 0.109. The largest absolute Gasteiger partial charge is 0.543 e. The van der Waals surface area contributed by atoms with E-state index in [-0.39, 0.29) is 17.0 Å². The van der Waals surface area contributed by atoms with Gasteiger partial charge < -0.3 is 9.16 Å². The van der Waals surface area contributed by atoms with Crippen LogP contribution < -0.4 is 14.1 Å². The zero-order valence-corrected chi connectivity index (χ0v) is 19.5. The third-order valence-corrected chi connectivity index (χ3v) is 10.5. The Bertz CT molecular complexity index is 959. The first-order valence-electron chi connectivity index (χ1n) is 9.92. The predicted octanol–water partition coefficient (Wildman–Crippen LogP) is 6.03. The van der Waals surface area contributed by atoms with Gasteiger partial charge in [0.25, 0.3) is 5.91 Å². The van der Waals surface area contributed by atoms with E-state index in [0.29, 0.717) is 5.57 Å². The van der Waals surface area contributed by atoms with Gasteiger partial charge in [-0.3, -0.25) is 9.69 Å². The Balaban J connectivity index is 1.97. The quantitative estimate of drug-likeness (QED) is 0.344. The van der Waals surface area contributed by atoms with Crippen molar-refractivity contribution in [3.05, 3.63) is 65.7 Å². The van der Waals surface area contributed by atoms with Crippen molar-refractivity contribution in [1.29, 1.82) is 0 Å². The van der Waals surface area contributed by atoms with E-state index in [2.05, 4.69) is 65.6 Å². The predicted molar refractivity (Wildman–Crippen MR) is 121 cm³/mol. The van der Waals surface area contributed by atoms with Crippen molar-refractivity contribution in [2.75, 3.05) is 12.0 Å². The monoisotopic (exact) mass is 409 g/mol. The van der Waals surface area contributed by atoms with Crippen LogP contribution in [0.2, 0.25) is 18.1 Å². The number of amides is 1. The maximum Gasteiger partial charge on any atom is 0.256 e. The molecular weight excluding hydrogens is 378 g/mol. The Morgan fingerprint density at radius 1 is 1.10 bits per heavy atom. The number of anilines is 1. The molecule has 0 aromatic heterocycles. The molecule has 0 unspecified atom stereocenters. The van der Waals surface area contributed by atoms with Gasteiger partial charge in [0.2, 0.25) is 8.32 Å². The molecule has 4 nitrogen and oxygen atoms in total. The third-order valence-electron chi connectivity index (χ3n) is 6.11. The summed E-state index contributed by atoms with van der Waals surface area (Å²) < 4.78 is 11.9. The van der Waals surface area contributed by atoms with Crippen molar-refractivity contribution < 1.29 is 14.0 Å². The summed E-state index contributed by atoms with van der Waals surface area (Å²) in [5.41, 5.74) is 3.51. The molecule has 0 radical (unpaired) electrons. The maximum atomic E-state index is 12.6. The smallest absolute Gasteiger partial charge is 0.256 e. The van der Waals surface area contributed by atoms with Gasteiger partial charge >= 0.3 is 0 Å². The highest BCUT2D eigenvalue weighted by Crippen LogP contribution is 2.45. The van der Waals surface area contributed by atoms with Gasteiger partial charge in [0.05, 0.1) is 13.2 Å². The number of hydrogen-bond donors (Lipinski definition) is 0. The zero-order chi connectivity index (χ0) is 21.6. The molecule has 1 fully saturated rings. The summed E-state index contributed by atoms with van der Waals surface area (Å²) in [6.07, 6.45) is 0. The van der Waals surface area contributed by atoms with Crippen LogP contribution in [-0.4, -0.2) is 21.3 Å². The van der Waals surface area contributed by atoms with Crippen LogP contribution in [0.15, 0.2) is 54.6 Å². The summed E-state index contributed by atoms with van der Waals surface area (Å²) in [6.45, 7) is 17.3. The number of nitrogens with zero attached hydrogens (tertiary/aromatic N) is 1. The van der Waals surface area contributed by atoms with Crippen molar-refractivity contribution in [2.45, 2.75) is 51.9 Å². The molecule has 1 aliphatic heterocycles. The molecule has 2 aromatic carbocycles. The van der Waals surface area contributed by atoms with Crippen molar-refractivity contribution >= 4 is 19.9 Å². The van der Waals surface area contributed by atoms with E-state index in [1.807, 2.05) is 24.3 Å². The maximum absolute atomic E-state index is 12.6. The minimum atomic E-state index is -1.97. The third kappa shape index (κ3) is 3.84. The van der Waals surface area contributed by atoms with Gasteiger partial charge in [-0.05, 0) is 54.4 Å². The van der Waals surface area contributed by atoms with Crippen LogP contribution in [0, 0.1) is 6.92 Å². The van der Waals surface area contributed by atoms with E-state index in [9.17, 15) is 4.79 Å². The van der Waals surface area contributed by atoms with Crippen LogP contribution in [0.25, 0.3) is 0 Å². The van der Waals surface area contributed by atoms with E-state index in [0.717, 1.165) is 28.3 Å². The molecule has 0 spiro atoms.